The van der Waals surface area contributed by atoms with Gasteiger partial charge in [0.2, 0.25) is 0 Å². The van der Waals surface area contributed by atoms with Crippen LogP contribution in [0.3, 0.4) is 0 Å². The van der Waals surface area contributed by atoms with Gasteiger partial charge in [0.25, 0.3) is 0 Å². The predicted molar refractivity (Wildman–Crippen MR) is 129 cm³/mol. The topological polar surface area (TPSA) is 92.3 Å². The standard InChI is InChI=1S/C24H22ClF2N7O2/c1-16(24(36,13-31-15-28-14-30-31)21-7-4-18(26)10-22(21)27)34-12-20(11-29-34)33-9-8-32(23(33)35)19-5-2-17(25)3-6-19/h2-7,10-12,14-16,36H,8-9,13H2,1H3. The molecule has 0 radical (unpaired) electrons. The summed E-state index contributed by atoms with van der Waals surface area (Å²) < 4.78 is 31.3. The summed E-state index contributed by atoms with van der Waals surface area (Å²) >= 11 is 5.96. The number of anilines is 2. The van der Waals surface area contributed by atoms with Crippen molar-refractivity contribution in [1.29, 1.82) is 0 Å². The number of hydrogen-bond donors (Lipinski definition) is 1. The second-order valence-electron chi connectivity index (χ2n) is 8.56. The van der Waals surface area contributed by atoms with E-state index in [0.717, 1.165) is 17.8 Å². The molecule has 4 aromatic rings. The van der Waals surface area contributed by atoms with Crippen LogP contribution in [0.25, 0.3) is 0 Å². The van der Waals surface area contributed by atoms with E-state index in [1.165, 1.54) is 34.3 Å². The van der Waals surface area contributed by atoms with E-state index in [1.54, 1.807) is 47.2 Å². The Morgan fingerprint density at radius 3 is 2.47 bits per heavy atom. The molecule has 1 aliphatic rings. The number of nitrogens with zero attached hydrogens (tertiary/aromatic N) is 7. The molecule has 1 aliphatic heterocycles. The first kappa shape index (κ1) is 23.9. The summed E-state index contributed by atoms with van der Waals surface area (Å²) in [5.74, 6) is -1.66. The fourth-order valence-corrected chi connectivity index (χ4v) is 4.51. The third-order valence-electron chi connectivity index (χ3n) is 6.40. The Morgan fingerprint density at radius 2 is 1.81 bits per heavy atom. The summed E-state index contributed by atoms with van der Waals surface area (Å²) in [4.78, 5) is 20.2. The average molecular weight is 514 g/mol. The van der Waals surface area contributed by atoms with Crippen molar-refractivity contribution in [2.24, 2.45) is 0 Å². The molecular formula is C24H22ClF2N7O2. The highest BCUT2D eigenvalue weighted by Crippen LogP contribution is 2.37. The Kier molecular flexibility index (Phi) is 6.19. The summed E-state index contributed by atoms with van der Waals surface area (Å²) in [6.45, 7) is 2.39. The zero-order chi connectivity index (χ0) is 25.4. The fourth-order valence-electron chi connectivity index (χ4n) is 4.38. The lowest BCUT2D eigenvalue weighted by atomic mass is 9.86. The van der Waals surface area contributed by atoms with Gasteiger partial charge in [-0.2, -0.15) is 10.2 Å². The molecule has 3 heterocycles. The minimum absolute atomic E-state index is 0.116. The molecule has 186 valence electrons. The second kappa shape index (κ2) is 9.32. The Morgan fingerprint density at radius 1 is 1.08 bits per heavy atom. The molecule has 9 nitrogen and oxygen atoms in total. The first-order chi connectivity index (χ1) is 17.3. The van der Waals surface area contributed by atoms with Crippen LogP contribution < -0.4 is 9.80 Å². The molecule has 0 aliphatic carbocycles. The Hall–Kier alpha value is -3.83. The highest BCUT2D eigenvalue weighted by molar-refractivity contribution is 6.30. The molecule has 36 heavy (non-hydrogen) atoms. The highest BCUT2D eigenvalue weighted by atomic mass is 35.5. The molecule has 2 amide bonds. The zero-order valence-electron chi connectivity index (χ0n) is 19.2. The quantitative estimate of drug-likeness (QED) is 0.403. The SMILES string of the molecule is CC(n1cc(N2CCN(c3ccc(Cl)cc3)C2=O)cn1)C(O)(Cn1cncn1)c1ccc(F)cc1F. The Labute approximate surface area is 210 Å². The number of benzene rings is 2. The first-order valence-electron chi connectivity index (χ1n) is 11.2. The molecule has 2 atom stereocenters. The molecule has 1 N–H and O–H groups in total. The van der Waals surface area contributed by atoms with Crippen molar-refractivity contribution in [2.75, 3.05) is 22.9 Å². The zero-order valence-corrected chi connectivity index (χ0v) is 19.9. The van der Waals surface area contributed by atoms with Crippen LogP contribution in [0.4, 0.5) is 25.0 Å². The molecule has 0 bridgehead atoms. The van der Waals surface area contributed by atoms with Crippen LogP contribution in [0.15, 0.2) is 67.5 Å². The number of halogens is 3. The van der Waals surface area contributed by atoms with Gasteiger partial charge in [0, 0.05) is 41.6 Å². The first-order valence-corrected chi connectivity index (χ1v) is 11.5. The van der Waals surface area contributed by atoms with E-state index in [4.69, 9.17) is 11.6 Å². The van der Waals surface area contributed by atoms with E-state index in [2.05, 4.69) is 15.2 Å². The maximum absolute atomic E-state index is 14.8. The molecular weight excluding hydrogens is 492 g/mol. The lowest BCUT2D eigenvalue weighted by molar-refractivity contribution is -0.0368. The predicted octanol–water partition coefficient (Wildman–Crippen LogP) is 4.00. The van der Waals surface area contributed by atoms with Crippen molar-refractivity contribution in [2.45, 2.75) is 25.1 Å². The van der Waals surface area contributed by atoms with Crippen molar-refractivity contribution in [3.8, 4) is 0 Å². The molecule has 12 heteroatoms. The number of amides is 2. The van der Waals surface area contributed by atoms with Gasteiger partial charge >= 0.3 is 6.03 Å². The number of aromatic nitrogens is 5. The van der Waals surface area contributed by atoms with Crippen LogP contribution in [-0.2, 0) is 12.1 Å². The minimum atomic E-state index is -1.88. The third kappa shape index (κ3) is 4.31. The van der Waals surface area contributed by atoms with E-state index in [0.29, 0.717) is 23.8 Å². The van der Waals surface area contributed by atoms with Gasteiger partial charge in [-0.15, -0.1) is 0 Å². The van der Waals surface area contributed by atoms with Crippen LogP contribution in [0.5, 0.6) is 0 Å². The molecule has 2 aromatic heterocycles. The van der Waals surface area contributed by atoms with E-state index in [9.17, 15) is 18.7 Å². The number of hydrogen-bond acceptors (Lipinski definition) is 5. The maximum Gasteiger partial charge on any atom is 0.329 e. The van der Waals surface area contributed by atoms with Gasteiger partial charge in [-0.3, -0.25) is 14.5 Å². The van der Waals surface area contributed by atoms with Gasteiger partial charge in [-0.25, -0.2) is 23.2 Å². The van der Waals surface area contributed by atoms with Gasteiger partial charge in [0.05, 0.1) is 24.5 Å². The molecule has 0 spiro atoms. The van der Waals surface area contributed by atoms with Crippen LogP contribution >= 0.6 is 11.6 Å². The minimum Gasteiger partial charge on any atom is -0.381 e. The molecule has 1 saturated heterocycles. The van der Waals surface area contributed by atoms with Gasteiger partial charge in [-0.1, -0.05) is 17.7 Å². The molecule has 2 unspecified atom stereocenters. The van der Waals surface area contributed by atoms with E-state index >= 15 is 0 Å². The van der Waals surface area contributed by atoms with Gasteiger partial charge < -0.3 is 5.11 Å². The molecule has 1 fully saturated rings. The number of rotatable bonds is 7. The van der Waals surface area contributed by atoms with Crippen molar-refractivity contribution in [1.82, 2.24) is 24.5 Å². The smallest absolute Gasteiger partial charge is 0.329 e. The summed E-state index contributed by atoms with van der Waals surface area (Å²) in [7, 11) is 0. The van der Waals surface area contributed by atoms with E-state index < -0.39 is 23.3 Å². The van der Waals surface area contributed by atoms with Gasteiger partial charge in [0.15, 0.2) is 0 Å². The molecule has 5 rings (SSSR count). The monoisotopic (exact) mass is 513 g/mol. The summed E-state index contributed by atoms with van der Waals surface area (Å²) in [6, 6.07) is 8.93. The average Bonchev–Trinajstić information content (AvgIpc) is 3.60. The van der Waals surface area contributed by atoms with Crippen LogP contribution in [-0.4, -0.2) is 48.8 Å². The normalized spacial score (nSPS) is 16.4. The number of carbonyl (C=O) groups is 1. The van der Waals surface area contributed by atoms with Gasteiger partial charge in [0.1, 0.15) is 29.9 Å². The molecule has 0 saturated carbocycles. The van der Waals surface area contributed by atoms with E-state index in [1.807, 2.05) is 0 Å². The fraction of sp³-hybridized carbons (Fsp3) is 0.250. The summed E-state index contributed by atoms with van der Waals surface area (Å²) in [5, 5.41) is 20.7. The largest absolute Gasteiger partial charge is 0.381 e. The van der Waals surface area contributed by atoms with Crippen molar-refractivity contribution < 1.29 is 18.7 Å². The Bertz CT molecular complexity index is 1380. The summed E-state index contributed by atoms with van der Waals surface area (Å²) in [5.41, 5.74) is -0.748. The number of carbonyl (C=O) groups excluding carboxylic acids is 1. The maximum atomic E-state index is 14.8. The van der Waals surface area contributed by atoms with Crippen molar-refractivity contribution in [3.63, 3.8) is 0 Å². The second-order valence-corrected chi connectivity index (χ2v) is 8.99. The van der Waals surface area contributed by atoms with Crippen molar-refractivity contribution >= 4 is 29.0 Å². The third-order valence-corrected chi connectivity index (χ3v) is 6.65. The lowest BCUT2D eigenvalue weighted by Gasteiger charge is -2.34. The highest BCUT2D eigenvalue weighted by Gasteiger charge is 2.41. The van der Waals surface area contributed by atoms with Crippen LogP contribution in [0.1, 0.15) is 18.5 Å². The Balaban J connectivity index is 1.44. The lowest BCUT2D eigenvalue weighted by Crippen LogP contribution is -2.41. The molecule has 2 aromatic carbocycles. The van der Waals surface area contributed by atoms with Crippen LogP contribution in [0.2, 0.25) is 5.02 Å². The van der Waals surface area contributed by atoms with Crippen molar-refractivity contribution in [3.05, 3.63) is 89.7 Å². The van der Waals surface area contributed by atoms with Gasteiger partial charge in [-0.05, 0) is 37.3 Å². The van der Waals surface area contributed by atoms with Crippen LogP contribution in [0, 0.1) is 11.6 Å². The van der Waals surface area contributed by atoms with E-state index in [-0.39, 0.29) is 18.1 Å². The summed E-state index contributed by atoms with van der Waals surface area (Å²) in [6.07, 6.45) is 5.81. The number of aliphatic hydroxyl groups is 1. The number of urea groups is 1.